The molecule has 0 bridgehead atoms. The summed E-state index contributed by atoms with van der Waals surface area (Å²) >= 11 is 0. The van der Waals surface area contributed by atoms with E-state index in [2.05, 4.69) is 5.32 Å². The molecular formula is C13H14N2O3. The number of rotatable bonds is 5. The van der Waals surface area contributed by atoms with E-state index in [1.54, 1.807) is 25.3 Å². The Morgan fingerprint density at radius 1 is 1.33 bits per heavy atom. The molecule has 1 aromatic heterocycles. The number of hydrogen-bond donors (Lipinski definition) is 1. The molecule has 0 spiro atoms. The van der Waals surface area contributed by atoms with Crippen LogP contribution in [0.4, 0.5) is 5.69 Å². The summed E-state index contributed by atoms with van der Waals surface area (Å²) in [5.74, 6) is 0.844. The van der Waals surface area contributed by atoms with E-state index in [1.807, 2.05) is 18.2 Å². The van der Waals surface area contributed by atoms with Gasteiger partial charge in [0.25, 0.3) is 5.69 Å². The van der Waals surface area contributed by atoms with Crippen LogP contribution in [0.3, 0.4) is 0 Å². The molecule has 0 unspecified atom stereocenters. The van der Waals surface area contributed by atoms with Gasteiger partial charge in [-0.2, -0.15) is 0 Å². The van der Waals surface area contributed by atoms with Crippen LogP contribution in [0.2, 0.25) is 0 Å². The van der Waals surface area contributed by atoms with Crippen molar-refractivity contribution in [2.75, 3.05) is 0 Å². The van der Waals surface area contributed by atoms with Gasteiger partial charge in [-0.1, -0.05) is 12.1 Å². The van der Waals surface area contributed by atoms with Crippen molar-refractivity contribution in [1.29, 1.82) is 0 Å². The molecule has 5 nitrogen and oxygen atoms in total. The summed E-state index contributed by atoms with van der Waals surface area (Å²) in [6, 6.07) is 8.96. The predicted molar refractivity (Wildman–Crippen MR) is 67.1 cm³/mol. The van der Waals surface area contributed by atoms with Gasteiger partial charge in [0, 0.05) is 18.2 Å². The molecule has 18 heavy (non-hydrogen) atoms. The van der Waals surface area contributed by atoms with Crippen LogP contribution < -0.4 is 5.32 Å². The fourth-order valence-corrected chi connectivity index (χ4v) is 1.70. The largest absolute Gasteiger partial charge is 0.468 e. The minimum Gasteiger partial charge on any atom is -0.468 e. The summed E-state index contributed by atoms with van der Waals surface area (Å²) in [4.78, 5) is 10.4. The lowest BCUT2D eigenvalue weighted by atomic mass is 10.1. The third-order valence-corrected chi connectivity index (χ3v) is 2.68. The Kier molecular flexibility index (Phi) is 3.74. The van der Waals surface area contributed by atoms with E-state index in [-0.39, 0.29) is 10.6 Å². The third-order valence-electron chi connectivity index (χ3n) is 2.68. The molecule has 2 aromatic rings. The lowest BCUT2D eigenvalue weighted by Gasteiger charge is -2.04. The molecular weight excluding hydrogens is 232 g/mol. The second-order valence-electron chi connectivity index (χ2n) is 4.06. The maximum Gasteiger partial charge on any atom is 0.272 e. The molecule has 0 aliphatic heterocycles. The van der Waals surface area contributed by atoms with E-state index in [0.717, 1.165) is 11.3 Å². The average molecular weight is 246 g/mol. The van der Waals surface area contributed by atoms with Crippen molar-refractivity contribution in [3.05, 3.63) is 63.6 Å². The van der Waals surface area contributed by atoms with Gasteiger partial charge in [0.15, 0.2) is 0 Å². The van der Waals surface area contributed by atoms with E-state index in [1.165, 1.54) is 0 Å². The standard InChI is InChI=1S/C13H14N2O3/c1-10-4-5-11(7-13(10)15(16)17)8-14-9-12-3-2-6-18-12/h2-7,14H,8-9H2,1H3. The number of nitrogens with one attached hydrogen (secondary N) is 1. The molecule has 94 valence electrons. The minimum atomic E-state index is -0.356. The number of hydrogen-bond acceptors (Lipinski definition) is 4. The van der Waals surface area contributed by atoms with Crippen molar-refractivity contribution in [2.45, 2.75) is 20.0 Å². The number of aryl methyl sites for hydroxylation is 1. The second-order valence-corrected chi connectivity index (χ2v) is 4.06. The molecule has 0 aliphatic carbocycles. The average Bonchev–Trinajstić information content (AvgIpc) is 2.84. The maximum atomic E-state index is 10.8. The SMILES string of the molecule is Cc1ccc(CNCc2ccco2)cc1[N+](=O)[O-]. The highest BCUT2D eigenvalue weighted by Crippen LogP contribution is 2.19. The first-order chi connectivity index (χ1) is 8.66. The lowest BCUT2D eigenvalue weighted by molar-refractivity contribution is -0.385. The van der Waals surface area contributed by atoms with E-state index in [9.17, 15) is 10.1 Å². The smallest absolute Gasteiger partial charge is 0.272 e. The number of nitro groups is 1. The summed E-state index contributed by atoms with van der Waals surface area (Å²) in [7, 11) is 0. The fraction of sp³-hybridized carbons (Fsp3) is 0.231. The van der Waals surface area contributed by atoms with Crippen LogP contribution in [0.1, 0.15) is 16.9 Å². The second kappa shape index (κ2) is 5.46. The van der Waals surface area contributed by atoms with Crippen LogP contribution in [0.15, 0.2) is 41.0 Å². The monoisotopic (exact) mass is 246 g/mol. The van der Waals surface area contributed by atoms with Gasteiger partial charge in [-0.3, -0.25) is 10.1 Å². The zero-order chi connectivity index (χ0) is 13.0. The summed E-state index contributed by atoms with van der Waals surface area (Å²) < 4.78 is 5.18. The Balaban J connectivity index is 1.97. The van der Waals surface area contributed by atoms with Gasteiger partial charge in [-0.15, -0.1) is 0 Å². The molecule has 1 aromatic carbocycles. The van der Waals surface area contributed by atoms with E-state index >= 15 is 0 Å². The Labute approximate surface area is 105 Å². The van der Waals surface area contributed by atoms with E-state index < -0.39 is 0 Å². The maximum absolute atomic E-state index is 10.8. The van der Waals surface area contributed by atoms with Crippen molar-refractivity contribution in [1.82, 2.24) is 5.32 Å². The molecule has 0 radical (unpaired) electrons. The van der Waals surface area contributed by atoms with Crippen LogP contribution in [0.5, 0.6) is 0 Å². The molecule has 0 aliphatic rings. The summed E-state index contributed by atoms with van der Waals surface area (Å²) in [5, 5.41) is 14.0. The molecule has 0 saturated carbocycles. The van der Waals surface area contributed by atoms with Crippen molar-refractivity contribution in [2.24, 2.45) is 0 Å². The molecule has 0 saturated heterocycles. The van der Waals surface area contributed by atoms with Crippen molar-refractivity contribution in [3.8, 4) is 0 Å². The Morgan fingerprint density at radius 2 is 2.17 bits per heavy atom. The predicted octanol–water partition coefficient (Wildman–Crippen LogP) is 2.79. The first-order valence-electron chi connectivity index (χ1n) is 5.64. The summed E-state index contributed by atoms with van der Waals surface area (Å²) in [6.45, 7) is 2.91. The molecule has 1 heterocycles. The van der Waals surface area contributed by atoms with Crippen molar-refractivity contribution >= 4 is 5.69 Å². The zero-order valence-electron chi connectivity index (χ0n) is 10.1. The topological polar surface area (TPSA) is 68.3 Å². The van der Waals surface area contributed by atoms with Crippen LogP contribution in [0.25, 0.3) is 0 Å². The summed E-state index contributed by atoms with van der Waals surface area (Å²) in [5.41, 5.74) is 1.72. The minimum absolute atomic E-state index is 0.160. The molecule has 5 heteroatoms. The van der Waals surface area contributed by atoms with Crippen LogP contribution in [-0.4, -0.2) is 4.92 Å². The Bertz CT molecular complexity index is 535. The molecule has 0 amide bonds. The van der Waals surface area contributed by atoms with Crippen molar-refractivity contribution < 1.29 is 9.34 Å². The fourth-order valence-electron chi connectivity index (χ4n) is 1.70. The van der Waals surface area contributed by atoms with E-state index in [0.29, 0.717) is 18.7 Å². The normalized spacial score (nSPS) is 10.5. The van der Waals surface area contributed by atoms with Gasteiger partial charge in [0.05, 0.1) is 17.7 Å². The molecule has 2 rings (SSSR count). The summed E-state index contributed by atoms with van der Waals surface area (Å²) in [6.07, 6.45) is 1.62. The zero-order valence-corrected chi connectivity index (χ0v) is 10.1. The quantitative estimate of drug-likeness (QED) is 0.650. The third kappa shape index (κ3) is 2.95. The van der Waals surface area contributed by atoms with Gasteiger partial charge < -0.3 is 9.73 Å². The van der Waals surface area contributed by atoms with Gasteiger partial charge in [0.1, 0.15) is 5.76 Å². The molecule has 0 fully saturated rings. The van der Waals surface area contributed by atoms with Gasteiger partial charge in [-0.05, 0) is 24.6 Å². The highest BCUT2D eigenvalue weighted by molar-refractivity contribution is 5.42. The van der Waals surface area contributed by atoms with Crippen molar-refractivity contribution in [3.63, 3.8) is 0 Å². The number of benzene rings is 1. The van der Waals surface area contributed by atoms with Gasteiger partial charge in [-0.25, -0.2) is 0 Å². The lowest BCUT2D eigenvalue weighted by Crippen LogP contribution is -2.12. The van der Waals surface area contributed by atoms with E-state index in [4.69, 9.17) is 4.42 Å². The molecule has 0 atom stereocenters. The van der Waals surface area contributed by atoms with Gasteiger partial charge in [0.2, 0.25) is 0 Å². The highest BCUT2D eigenvalue weighted by atomic mass is 16.6. The van der Waals surface area contributed by atoms with Gasteiger partial charge >= 0.3 is 0 Å². The number of furan rings is 1. The Hall–Kier alpha value is -2.14. The molecule has 1 N–H and O–H groups in total. The first kappa shape index (κ1) is 12.3. The number of nitrogens with zero attached hydrogens (tertiary/aromatic N) is 1. The highest BCUT2D eigenvalue weighted by Gasteiger charge is 2.10. The van der Waals surface area contributed by atoms with Crippen LogP contribution >= 0.6 is 0 Å². The Morgan fingerprint density at radius 3 is 2.83 bits per heavy atom. The first-order valence-corrected chi connectivity index (χ1v) is 5.64. The number of nitro benzene ring substituents is 1. The van der Waals surface area contributed by atoms with Crippen LogP contribution in [0, 0.1) is 17.0 Å². The van der Waals surface area contributed by atoms with Crippen LogP contribution in [-0.2, 0) is 13.1 Å².